The van der Waals surface area contributed by atoms with Gasteiger partial charge >= 0.3 is 6.09 Å². The Labute approximate surface area is 232 Å². The van der Waals surface area contributed by atoms with Crippen LogP contribution in [0, 0.1) is 12.8 Å². The molecule has 2 rings (SSSR count). The zero-order valence-corrected chi connectivity index (χ0v) is 24.4. The van der Waals surface area contributed by atoms with Gasteiger partial charge in [0.1, 0.15) is 17.7 Å². The van der Waals surface area contributed by atoms with Crippen LogP contribution in [0.15, 0.2) is 48.5 Å². The van der Waals surface area contributed by atoms with Crippen LogP contribution in [0.3, 0.4) is 0 Å². The van der Waals surface area contributed by atoms with Crippen LogP contribution in [0.2, 0.25) is 5.02 Å². The van der Waals surface area contributed by atoms with Crippen molar-refractivity contribution in [2.24, 2.45) is 5.92 Å². The van der Waals surface area contributed by atoms with Crippen molar-refractivity contribution < 1.29 is 19.1 Å². The predicted molar refractivity (Wildman–Crippen MR) is 153 cm³/mol. The van der Waals surface area contributed by atoms with Crippen LogP contribution in [0.25, 0.3) is 0 Å². The molecule has 3 amide bonds. The normalized spacial score (nSPS) is 13.7. The fraction of sp³-hybridized carbons (Fsp3) is 0.500. The Morgan fingerprint density at radius 3 is 2.24 bits per heavy atom. The maximum atomic E-state index is 14.2. The highest BCUT2D eigenvalue weighted by atomic mass is 35.5. The molecule has 208 valence electrons. The molecule has 3 atom stereocenters. The first-order valence-corrected chi connectivity index (χ1v) is 13.7. The second kappa shape index (κ2) is 14.2. The predicted octanol–water partition coefficient (Wildman–Crippen LogP) is 6.90. The van der Waals surface area contributed by atoms with E-state index in [1.807, 2.05) is 70.2 Å². The van der Waals surface area contributed by atoms with Gasteiger partial charge in [-0.05, 0) is 57.2 Å². The number of carbonyl (C=O) groups excluding carboxylic acids is 3. The third kappa shape index (κ3) is 8.76. The van der Waals surface area contributed by atoms with E-state index in [9.17, 15) is 14.4 Å². The number of aryl methyl sites for hydroxylation is 1. The van der Waals surface area contributed by atoms with Crippen LogP contribution in [0.5, 0.6) is 0 Å². The summed E-state index contributed by atoms with van der Waals surface area (Å²) < 4.78 is 5.46. The zero-order chi connectivity index (χ0) is 28.5. The molecule has 3 unspecified atom stereocenters. The van der Waals surface area contributed by atoms with E-state index in [-0.39, 0.29) is 17.7 Å². The smallest absolute Gasteiger partial charge is 0.408 e. The number of nitrogens with one attached hydrogen (secondary N) is 2. The number of unbranched alkanes of at least 4 members (excludes halogenated alkanes) is 1. The molecule has 0 spiro atoms. The highest BCUT2D eigenvalue weighted by Gasteiger charge is 2.38. The fourth-order valence-corrected chi connectivity index (χ4v) is 4.35. The average Bonchev–Trinajstić information content (AvgIpc) is 2.85. The Balaban J connectivity index is 2.54. The summed E-state index contributed by atoms with van der Waals surface area (Å²) in [4.78, 5) is 42.4. The molecular weight excluding hydrogens is 502 g/mol. The third-order valence-electron chi connectivity index (χ3n) is 6.33. The molecule has 2 aromatic rings. The standard InChI is InChI=1S/C30H42ClN3O4/c1-8-10-19-34(28(36)25(20(3)9-2)33-29(37)38-30(5,6)7)26(22-16-12-11-13-17-22)27(35)32-24-21(4)15-14-18-23(24)31/h11-18,20,25-26H,8-10,19H2,1-7H3,(H,32,35)(H,33,37). The summed E-state index contributed by atoms with van der Waals surface area (Å²) in [6.45, 7) is 13.4. The minimum Gasteiger partial charge on any atom is -0.444 e. The van der Waals surface area contributed by atoms with Gasteiger partial charge in [-0.3, -0.25) is 9.59 Å². The van der Waals surface area contributed by atoms with Crippen molar-refractivity contribution in [1.82, 2.24) is 10.2 Å². The molecule has 2 aromatic carbocycles. The molecule has 0 heterocycles. The molecule has 0 bridgehead atoms. The van der Waals surface area contributed by atoms with Crippen LogP contribution in [0.1, 0.15) is 78.0 Å². The van der Waals surface area contributed by atoms with Gasteiger partial charge in [0, 0.05) is 6.54 Å². The largest absolute Gasteiger partial charge is 0.444 e. The Bertz CT molecular complexity index is 1060. The van der Waals surface area contributed by atoms with Gasteiger partial charge in [0.2, 0.25) is 5.91 Å². The van der Waals surface area contributed by atoms with Gasteiger partial charge in [-0.25, -0.2) is 4.79 Å². The second-order valence-electron chi connectivity index (χ2n) is 10.6. The van der Waals surface area contributed by atoms with E-state index in [0.717, 1.165) is 12.0 Å². The first kappa shape index (κ1) is 31.2. The lowest BCUT2D eigenvalue weighted by Gasteiger charge is -2.36. The van der Waals surface area contributed by atoms with Crippen molar-refractivity contribution in [3.05, 3.63) is 64.7 Å². The first-order chi connectivity index (χ1) is 17.9. The molecule has 0 saturated heterocycles. The highest BCUT2D eigenvalue weighted by molar-refractivity contribution is 6.34. The van der Waals surface area contributed by atoms with Gasteiger partial charge in [0.15, 0.2) is 0 Å². The number of alkyl carbamates (subject to hydrolysis) is 1. The number of hydrogen-bond acceptors (Lipinski definition) is 4. The lowest BCUT2D eigenvalue weighted by molar-refractivity contribution is -0.142. The minimum atomic E-state index is -0.932. The van der Waals surface area contributed by atoms with E-state index in [4.69, 9.17) is 16.3 Å². The summed E-state index contributed by atoms with van der Waals surface area (Å²) in [6.07, 6.45) is 1.49. The van der Waals surface area contributed by atoms with Crippen molar-refractivity contribution >= 4 is 35.2 Å². The van der Waals surface area contributed by atoms with Crippen molar-refractivity contribution in [2.45, 2.75) is 85.4 Å². The Morgan fingerprint density at radius 1 is 1.03 bits per heavy atom. The van der Waals surface area contributed by atoms with Crippen molar-refractivity contribution in [1.29, 1.82) is 0 Å². The van der Waals surface area contributed by atoms with Gasteiger partial charge in [-0.1, -0.05) is 87.7 Å². The molecule has 0 fully saturated rings. The number of halogens is 1. The number of ether oxygens (including phenoxy) is 1. The number of rotatable bonds is 11. The van der Waals surface area contributed by atoms with Gasteiger partial charge in [0.25, 0.3) is 5.91 Å². The first-order valence-electron chi connectivity index (χ1n) is 13.3. The number of anilines is 1. The molecule has 8 heteroatoms. The Hall–Kier alpha value is -3.06. The molecule has 38 heavy (non-hydrogen) atoms. The van der Waals surface area contributed by atoms with E-state index in [2.05, 4.69) is 10.6 Å². The molecule has 0 aromatic heterocycles. The van der Waals surface area contributed by atoms with Crippen LogP contribution in [-0.4, -0.2) is 41.0 Å². The zero-order valence-electron chi connectivity index (χ0n) is 23.6. The summed E-state index contributed by atoms with van der Waals surface area (Å²) in [6, 6.07) is 12.8. The number of nitrogens with zero attached hydrogens (tertiary/aromatic N) is 1. The summed E-state index contributed by atoms with van der Waals surface area (Å²) in [5.41, 5.74) is 1.27. The van der Waals surface area contributed by atoms with E-state index in [1.54, 1.807) is 31.7 Å². The quantitative estimate of drug-likeness (QED) is 0.323. The SMILES string of the molecule is CCCCN(C(=O)C(NC(=O)OC(C)(C)C)C(C)CC)C(C(=O)Nc1c(C)cccc1Cl)c1ccccc1. The molecule has 2 N–H and O–H groups in total. The van der Waals surface area contributed by atoms with Crippen molar-refractivity contribution in [3.63, 3.8) is 0 Å². The highest BCUT2D eigenvalue weighted by Crippen LogP contribution is 2.30. The average molecular weight is 544 g/mol. The summed E-state index contributed by atoms with van der Waals surface area (Å²) >= 11 is 6.41. The van der Waals surface area contributed by atoms with E-state index in [0.29, 0.717) is 35.7 Å². The fourth-order valence-electron chi connectivity index (χ4n) is 4.08. The number of hydrogen-bond donors (Lipinski definition) is 2. The Morgan fingerprint density at radius 2 is 1.68 bits per heavy atom. The Kier molecular flexibility index (Phi) is 11.6. The molecule has 0 radical (unpaired) electrons. The summed E-state index contributed by atoms with van der Waals surface area (Å²) in [5.74, 6) is -0.903. The molecule has 0 aliphatic heterocycles. The summed E-state index contributed by atoms with van der Waals surface area (Å²) in [5, 5.41) is 6.17. The second-order valence-corrected chi connectivity index (χ2v) is 11.0. The molecule has 0 saturated carbocycles. The number of amides is 3. The van der Waals surface area contributed by atoms with Crippen molar-refractivity contribution in [3.8, 4) is 0 Å². The molecule has 7 nitrogen and oxygen atoms in total. The minimum absolute atomic E-state index is 0.190. The van der Waals surface area contributed by atoms with E-state index in [1.165, 1.54) is 0 Å². The van der Waals surface area contributed by atoms with Crippen LogP contribution < -0.4 is 10.6 Å². The monoisotopic (exact) mass is 543 g/mol. The lowest BCUT2D eigenvalue weighted by Crippen LogP contribution is -2.55. The maximum absolute atomic E-state index is 14.2. The van der Waals surface area contributed by atoms with Crippen molar-refractivity contribution in [2.75, 3.05) is 11.9 Å². The van der Waals surface area contributed by atoms with Crippen LogP contribution in [0.4, 0.5) is 10.5 Å². The van der Waals surface area contributed by atoms with Gasteiger partial charge in [0.05, 0.1) is 10.7 Å². The van der Waals surface area contributed by atoms with Crippen LogP contribution in [-0.2, 0) is 14.3 Å². The van der Waals surface area contributed by atoms with Gasteiger partial charge in [-0.15, -0.1) is 0 Å². The number of benzene rings is 2. The molecule has 0 aliphatic rings. The topological polar surface area (TPSA) is 87.7 Å². The van der Waals surface area contributed by atoms with Crippen LogP contribution >= 0.6 is 11.6 Å². The lowest BCUT2D eigenvalue weighted by atomic mass is 9.95. The maximum Gasteiger partial charge on any atom is 0.408 e. The van der Waals surface area contributed by atoms with Gasteiger partial charge < -0.3 is 20.3 Å². The number of carbonyl (C=O) groups is 3. The number of para-hydroxylation sites is 1. The third-order valence-corrected chi connectivity index (χ3v) is 6.65. The van der Waals surface area contributed by atoms with E-state index >= 15 is 0 Å². The van der Waals surface area contributed by atoms with Gasteiger partial charge in [-0.2, -0.15) is 0 Å². The molecule has 0 aliphatic carbocycles. The van der Waals surface area contributed by atoms with E-state index < -0.39 is 23.8 Å². The summed E-state index contributed by atoms with van der Waals surface area (Å²) in [7, 11) is 0. The molecular formula is C30H42ClN3O4.